The van der Waals surface area contributed by atoms with Crippen LogP contribution in [0.3, 0.4) is 0 Å². The van der Waals surface area contributed by atoms with Crippen LogP contribution < -0.4 is 0 Å². The van der Waals surface area contributed by atoms with E-state index in [1.165, 1.54) is 12.1 Å². The summed E-state index contributed by atoms with van der Waals surface area (Å²) < 4.78 is 25.9. The Morgan fingerprint density at radius 3 is 2.86 bits per heavy atom. The van der Waals surface area contributed by atoms with Gasteiger partial charge in [0.05, 0.1) is 5.69 Å². The van der Waals surface area contributed by atoms with E-state index >= 15 is 0 Å². The SMILES string of the molecule is O=C1c2ccc(Cl)nc2CCC1(F)F. The van der Waals surface area contributed by atoms with Gasteiger partial charge in [-0.2, -0.15) is 8.78 Å². The summed E-state index contributed by atoms with van der Waals surface area (Å²) in [5, 5.41) is 0.224. The predicted molar refractivity (Wildman–Crippen MR) is 46.8 cm³/mol. The molecule has 0 bridgehead atoms. The van der Waals surface area contributed by atoms with Crippen LogP contribution >= 0.6 is 11.6 Å². The van der Waals surface area contributed by atoms with Crippen LogP contribution in [0.15, 0.2) is 12.1 Å². The summed E-state index contributed by atoms with van der Waals surface area (Å²) in [7, 11) is 0. The standard InChI is InChI=1S/C9H6ClF2NO/c10-7-2-1-5-6(13-7)3-4-9(11,12)8(5)14/h1-2H,3-4H2. The predicted octanol–water partition coefficient (Wildman–Crippen LogP) is 2.50. The topological polar surface area (TPSA) is 30.0 Å². The molecule has 0 N–H and O–H groups in total. The Bertz CT molecular complexity index is 406. The van der Waals surface area contributed by atoms with Gasteiger partial charge < -0.3 is 0 Å². The van der Waals surface area contributed by atoms with Gasteiger partial charge in [0.1, 0.15) is 5.15 Å². The number of carbonyl (C=O) groups is 1. The van der Waals surface area contributed by atoms with Crippen molar-refractivity contribution in [3.05, 3.63) is 28.5 Å². The van der Waals surface area contributed by atoms with Gasteiger partial charge in [-0.1, -0.05) is 11.6 Å². The summed E-state index contributed by atoms with van der Waals surface area (Å²) in [6.07, 6.45) is -0.388. The number of hydrogen-bond acceptors (Lipinski definition) is 2. The fraction of sp³-hybridized carbons (Fsp3) is 0.333. The highest BCUT2D eigenvalue weighted by Crippen LogP contribution is 2.32. The summed E-state index contributed by atoms with van der Waals surface area (Å²) in [5.74, 6) is -4.40. The minimum Gasteiger partial charge on any atom is -0.287 e. The lowest BCUT2D eigenvalue weighted by Crippen LogP contribution is -2.34. The molecule has 74 valence electrons. The molecule has 0 amide bonds. The van der Waals surface area contributed by atoms with E-state index in [0.717, 1.165) is 0 Å². The van der Waals surface area contributed by atoms with E-state index in [0.29, 0.717) is 5.69 Å². The lowest BCUT2D eigenvalue weighted by Gasteiger charge is -2.21. The molecule has 0 unspecified atom stereocenters. The minimum atomic E-state index is -3.25. The van der Waals surface area contributed by atoms with Crippen molar-refractivity contribution < 1.29 is 13.6 Å². The van der Waals surface area contributed by atoms with Gasteiger partial charge in [-0.15, -0.1) is 0 Å². The monoisotopic (exact) mass is 217 g/mol. The van der Waals surface area contributed by atoms with Gasteiger partial charge in [0, 0.05) is 12.0 Å². The second kappa shape index (κ2) is 2.98. The average molecular weight is 218 g/mol. The largest absolute Gasteiger partial charge is 0.310 e. The molecule has 1 aliphatic carbocycles. The van der Waals surface area contributed by atoms with Crippen LogP contribution in [0.4, 0.5) is 8.78 Å². The average Bonchev–Trinajstić information content (AvgIpc) is 2.12. The molecule has 1 aromatic rings. The molecule has 2 nitrogen and oxygen atoms in total. The zero-order chi connectivity index (χ0) is 10.3. The van der Waals surface area contributed by atoms with Crippen LogP contribution in [0.5, 0.6) is 0 Å². The van der Waals surface area contributed by atoms with Crippen molar-refractivity contribution in [2.24, 2.45) is 0 Å². The van der Waals surface area contributed by atoms with Crippen LogP contribution in [0.1, 0.15) is 22.5 Å². The van der Waals surface area contributed by atoms with Crippen molar-refractivity contribution in [3.8, 4) is 0 Å². The van der Waals surface area contributed by atoms with Gasteiger partial charge in [-0.05, 0) is 18.6 Å². The highest BCUT2D eigenvalue weighted by molar-refractivity contribution is 6.29. The molecule has 0 aromatic carbocycles. The Balaban J connectivity index is 2.52. The fourth-order valence-corrected chi connectivity index (χ4v) is 1.62. The third-order valence-corrected chi connectivity index (χ3v) is 2.40. The highest BCUT2D eigenvalue weighted by Gasteiger charge is 2.43. The Hall–Kier alpha value is -1.03. The number of halogens is 3. The van der Waals surface area contributed by atoms with E-state index in [1.54, 1.807) is 0 Å². The summed E-state index contributed by atoms with van der Waals surface area (Å²) in [6.45, 7) is 0. The van der Waals surface area contributed by atoms with Gasteiger partial charge in [-0.25, -0.2) is 4.98 Å². The summed E-state index contributed by atoms with van der Waals surface area (Å²) in [6, 6.07) is 2.65. The Morgan fingerprint density at radius 2 is 2.14 bits per heavy atom. The third-order valence-electron chi connectivity index (χ3n) is 2.19. The number of aryl methyl sites for hydroxylation is 1. The number of pyridine rings is 1. The van der Waals surface area contributed by atoms with Crippen molar-refractivity contribution >= 4 is 17.4 Å². The smallest absolute Gasteiger partial charge is 0.287 e. The summed E-state index contributed by atoms with van der Waals surface area (Å²) in [5.41, 5.74) is 0.360. The molecular weight excluding hydrogens is 212 g/mol. The number of hydrogen-bond donors (Lipinski definition) is 0. The maximum absolute atomic E-state index is 13.0. The second-order valence-corrected chi connectivity index (χ2v) is 3.55. The first-order valence-electron chi connectivity index (χ1n) is 4.09. The maximum Gasteiger partial charge on any atom is 0.310 e. The van der Waals surface area contributed by atoms with Crippen LogP contribution in [0, 0.1) is 0 Å². The molecule has 0 spiro atoms. The zero-order valence-electron chi connectivity index (χ0n) is 7.06. The van der Waals surface area contributed by atoms with Gasteiger partial charge >= 0.3 is 5.92 Å². The number of nitrogens with zero attached hydrogens (tertiary/aromatic N) is 1. The number of aromatic nitrogens is 1. The number of Topliss-reactive ketones (excluding diaryl/α,β-unsaturated/α-hetero) is 1. The highest BCUT2D eigenvalue weighted by atomic mass is 35.5. The molecule has 2 rings (SSSR count). The molecule has 14 heavy (non-hydrogen) atoms. The summed E-state index contributed by atoms with van der Waals surface area (Å²) >= 11 is 5.59. The zero-order valence-corrected chi connectivity index (χ0v) is 7.81. The Kier molecular flexibility index (Phi) is 2.03. The number of alkyl halides is 2. The number of fused-ring (bicyclic) bond motifs is 1. The molecule has 0 saturated heterocycles. The number of ketones is 1. The van der Waals surface area contributed by atoms with Crippen LogP contribution in [-0.2, 0) is 6.42 Å². The normalized spacial score (nSPS) is 19.2. The molecule has 1 heterocycles. The molecule has 0 aliphatic heterocycles. The molecular formula is C9H6ClF2NO. The lowest BCUT2D eigenvalue weighted by atomic mass is 9.92. The van der Waals surface area contributed by atoms with Crippen LogP contribution in [-0.4, -0.2) is 16.7 Å². The molecule has 5 heteroatoms. The lowest BCUT2D eigenvalue weighted by molar-refractivity contribution is 0.00169. The van der Waals surface area contributed by atoms with Crippen molar-refractivity contribution in [1.29, 1.82) is 0 Å². The fourth-order valence-electron chi connectivity index (χ4n) is 1.46. The second-order valence-electron chi connectivity index (χ2n) is 3.16. The van der Waals surface area contributed by atoms with Crippen LogP contribution in [0.2, 0.25) is 5.15 Å². The van der Waals surface area contributed by atoms with E-state index < -0.39 is 18.1 Å². The van der Waals surface area contributed by atoms with Crippen molar-refractivity contribution in [2.75, 3.05) is 0 Å². The van der Waals surface area contributed by atoms with Gasteiger partial charge in [0.15, 0.2) is 0 Å². The first-order valence-corrected chi connectivity index (χ1v) is 4.46. The van der Waals surface area contributed by atoms with E-state index in [9.17, 15) is 13.6 Å². The van der Waals surface area contributed by atoms with Gasteiger partial charge in [-0.3, -0.25) is 4.79 Å². The molecule has 1 aliphatic rings. The molecule has 0 fully saturated rings. The van der Waals surface area contributed by atoms with E-state index in [2.05, 4.69) is 4.98 Å². The van der Waals surface area contributed by atoms with E-state index in [-0.39, 0.29) is 17.1 Å². The molecule has 0 saturated carbocycles. The summed E-state index contributed by atoms with van der Waals surface area (Å²) in [4.78, 5) is 15.1. The molecule has 0 atom stereocenters. The third kappa shape index (κ3) is 1.39. The Labute approximate surface area is 83.9 Å². The Morgan fingerprint density at radius 1 is 1.43 bits per heavy atom. The number of rotatable bonds is 0. The van der Waals surface area contributed by atoms with E-state index in [1.807, 2.05) is 0 Å². The van der Waals surface area contributed by atoms with E-state index in [4.69, 9.17) is 11.6 Å². The quantitative estimate of drug-likeness (QED) is 0.625. The van der Waals surface area contributed by atoms with Crippen molar-refractivity contribution in [1.82, 2.24) is 4.98 Å². The van der Waals surface area contributed by atoms with Gasteiger partial charge in [0.25, 0.3) is 0 Å². The van der Waals surface area contributed by atoms with Crippen LogP contribution in [0.25, 0.3) is 0 Å². The minimum absolute atomic E-state index is 0.00866. The van der Waals surface area contributed by atoms with Crippen molar-refractivity contribution in [3.63, 3.8) is 0 Å². The molecule has 0 radical (unpaired) electrons. The van der Waals surface area contributed by atoms with Crippen molar-refractivity contribution in [2.45, 2.75) is 18.8 Å². The number of carbonyl (C=O) groups excluding carboxylic acids is 1. The van der Waals surface area contributed by atoms with Gasteiger partial charge in [0.2, 0.25) is 5.78 Å². The first-order chi connectivity index (χ1) is 6.50. The first kappa shape index (κ1) is 9.52. The molecule has 1 aromatic heterocycles. The maximum atomic E-state index is 13.0.